The van der Waals surface area contributed by atoms with Crippen LogP contribution in [0.5, 0.6) is 5.75 Å². The Morgan fingerprint density at radius 3 is 2.79 bits per heavy atom. The smallest absolute Gasteiger partial charge is 0.263 e. The maximum Gasteiger partial charge on any atom is 0.263 e. The number of aromatic nitrogens is 1. The minimum atomic E-state index is -0.288. The van der Waals surface area contributed by atoms with Gasteiger partial charge in [-0.05, 0) is 55.3 Å². The lowest BCUT2D eigenvalue weighted by Crippen LogP contribution is -2.46. The van der Waals surface area contributed by atoms with Crippen molar-refractivity contribution in [2.45, 2.75) is 23.8 Å². The van der Waals surface area contributed by atoms with Gasteiger partial charge in [0.15, 0.2) is 0 Å². The van der Waals surface area contributed by atoms with Crippen LogP contribution in [0.3, 0.4) is 0 Å². The minimum Gasteiger partial charge on any atom is -0.497 e. The van der Waals surface area contributed by atoms with E-state index < -0.39 is 0 Å². The van der Waals surface area contributed by atoms with E-state index in [1.165, 1.54) is 0 Å². The number of amides is 1. The van der Waals surface area contributed by atoms with Gasteiger partial charge in [0.1, 0.15) is 11.3 Å². The molecule has 0 aliphatic carbocycles. The molecule has 0 spiro atoms. The highest BCUT2D eigenvalue weighted by molar-refractivity contribution is 7.99. The van der Waals surface area contributed by atoms with Crippen LogP contribution in [0.15, 0.2) is 46.1 Å². The molecular formula is C21H26ClN3O3S. The fraction of sp³-hybridized carbons (Fsp3) is 0.429. The minimum absolute atomic E-state index is 0. The van der Waals surface area contributed by atoms with Crippen LogP contribution < -0.4 is 20.9 Å². The van der Waals surface area contributed by atoms with Crippen molar-refractivity contribution >= 4 is 30.1 Å². The molecule has 1 fully saturated rings. The Bertz CT molecular complexity index is 916. The van der Waals surface area contributed by atoms with Crippen LogP contribution in [-0.2, 0) is 6.54 Å². The Morgan fingerprint density at radius 1 is 1.24 bits per heavy atom. The highest BCUT2D eigenvalue weighted by atomic mass is 35.5. The van der Waals surface area contributed by atoms with Crippen LogP contribution in [0.25, 0.3) is 0 Å². The summed E-state index contributed by atoms with van der Waals surface area (Å²) in [5.41, 5.74) is 1.14. The average Bonchev–Trinajstić information content (AvgIpc) is 2.72. The fourth-order valence-corrected chi connectivity index (χ4v) is 4.83. The fourth-order valence-electron chi connectivity index (χ4n) is 4.06. The molecule has 8 heteroatoms. The first kappa shape index (κ1) is 21.7. The van der Waals surface area contributed by atoms with Gasteiger partial charge in [-0.2, -0.15) is 0 Å². The molecule has 156 valence electrons. The van der Waals surface area contributed by atoms with E-state index in [2.05, 4.69) is 10.6 Å². The Balaban J connectivity index is 0.00000240. The summed E-state index contributed by atoms with van der Waals surface area (Å²) >= 11 is 1.65. The topological polar surface area (TPSA) is 72.4 Å². The van der Waals surface area contributed by atoms with Gasteiger partial charge < -0.3 is 19.9 Å². The quantitative estimate of drug-likeness (QED) is 0.538. The van der Waals surface area contributed by atoms with Gasteiger partial charge in [-0.1, -0.05) is 0 Å². The number of methoxy groups -OCH3 is 1. The number of hydrogen-bond donors (Lipinski definition) is 2. The van der Waals surface area contributed by atoms with Crippen molar-refractivity contribution in [3.63, 3.8) is 0 Å². The van der Waals surface area contributed by atoms with Gasteiger partial charge in [0.25, 0.3) is 11.5 Å². The van der Waals surface area contributed by atoms with Gasteiger partial charge in [-0.3, -0.25) is 9.59 Å². The van der Waals surface area contributed by atoms with Gasteiger partial charge in [0.2, 0.25) is 0 Å². The molecule has 4 rings (SSSR count). The molecule has 3 heterocycles. The molecule has 0 radical (unpaired) electrons. The number of ether oxygens (including phenoxy) is 1. The van der Waals surface area contributed by atoms with Crippen LogP contribution in [0.1, 0.15) is 28.4 Å². The Labute approximate surface area is 180 Å². The van der Waals surface area contributed by atoms with Crippen LogP contribution in [0.2, 0.25) is 0 Å². The third kappa shape index (κ3) is 4.79. The molecule has 2 aliphatic rings. The zero-order valence-electron chi connectivity index (χ0n) is 16.3. The van der Waals surface area contributed by atoms with Gasteiger partial charge in [0, 0.05) is 41.9 Å². The summed E-state index contributed by atoms with van der Waals surface area (Å²) in [5.74, 6) is 2.12. The standard InChI is InChI=1S/C21H25N3O3S.ClH/c1-27-16-2-4-17(5-3-16)28-9-8-23-20(25)18-6-7-19-15-10-14(11-22-12-15)13-24(19)21(18)26;/h2-7,14-15,22H,8-13H2,1H3,(H,23,25);1H/t14-,15+;/m0./s1. The summed E-state index contributed by atoms with van der Waals surface area (Å²) in [6.07, 6.45) is 1.13. The van der Waals surface area contributed by atoms with Crippen LogP contribution >= 0.6 is 24.2 Å². The number of benzene rings is 1. The number of rotatable bonds is 6. The van der Waals surface area contributed by atoms with E-state index in [-0.39, 0.29) is 29.4 Å². The largest absolute Gasteiger partial charge is 0.497 e. The molecule has 1 aromatic heterocycles. The van der Waals surface area contributed by atoms with Crippen LogP contribution in [0.4, 0.5) is 0 Å². The second kappa shape index (κ2) is 9.69. The Hall–Kier alpha value is -1.96. The summed E-state index contributed by atoms with van der Waals surface area (Å²) in [5, 5.41) is 6.31. The molecule has 1 amide bonds. The third-order valence-electron chi connectivity index (χ3n) is 5.47. The predicted octanol–water partition coefficient (Wildman–Crippen LogP) is 2.51. The molecule has 29 heavy (non-hydrogen) atoms. The van der Waals surface area contributed by atoms with E-state index in [0.717, 1.165) is 41.6 Å². The van der Waals surface area contributed by atoms with Crippen molar-refractivity contribution in [1.82, 2.24) is 15.2 Å². The molecular weight excluding hydrogens is 410 g/mol. The molecule has 2 N–H and O–H groups in total. The molecule has 2 atom stereocenters. The number of piperidine rings is 1. The summed E-state index contributed by atoms with van der Waals surface area (Å²) < 4.78 is 6.97. The first-order valence-electron chi connectivity index (χ1n) is 9.65. The molecule has 0 unspecified atom stereocenters. The summed E-state index contributed by atoms with van der Waals surface area (Å²) in [6, 6.07) is 11.5. The lowest BCUT2D eigenvalue weighted by Gasteiger charge is -2.37. The monoisotopic (exact) mass is 435 g/mol. The highest BCUT2D eigenvalue weighted by Gasteiger charge is 2.31. The number of carbonyl (C=O) groups is 1. The summed E-state index contributed by atoms with van der Waals surface area (Å²) in [4.78, 5) is 26.5. The van der Waals surface area contributed by atoms with Crippen molar-refractivity contribution in [3.8, 4) is 5.75 Å². The van der Waals surface area contributed by atoms with Crippen molar-refractivity contribution < 1.29 is 9.53 Å². The van der Waals surface area contributed by atoms with Crippen molar-refractivity contribution in [2.24, 2.45) is 5.92 Å². The molecule has 1 saturated heterocycles. The van der Waals surface area contributed by atoms with Crippen molar-refractivity contribution in [3.05, 3.63) is 58.0 Å². The summed E-state index contributed by atoms with van der Waals surface area (Å²) in [6.45, 7) is 3.06. The normalized spacial score (nSPS) is 19.6. The maximum absolute atomic E-state index is 12.9. The zero-order valence-corrected chi connectivity index (χ0v) is 18.0. The SMILES string of the molecule is COc1ccc(SCCNC(=O)c2ccc3n(c2=O)C[C@@H]2CNC[C@H]3C2)cc1.Cl. The number of thioether (sulfide) groups is 1. The first-order valence-corrected chi connectivity index (χ1v) is 10.6. The van der Waals surface area contributed by atoms with Gasteiger partial charge in [-0.15, -0.1) is 24.2 Å². The van der Waals surface area contributed by atoms with Crippen molar-refractivity contribution in [2.75, 3.05) is 32.5 Å². The van der Waals surface area contributed by atoms with E-state index in [0.29, 0.717) is 24.9 Å². The second-order valence-electron chi connectivity index (χ2n) is 7.32. The third-order valence-corrected chi connectivity index (χ3v) is 6.48. The van der Waals surface area contributed by atoms with Gasteiger partial charge >= 0.3 is 0 Å². The average molecular weight is 436 g/mol. The van der Waals surface area contributed by atoms with Gasteiger partial charge in [0.05, 0.1) is 7.11 Å². The van der Waals surface area contributed by atoms with Crippen molar-refractivity contribution in [1.29, 1.82) is 0 Å². The highest BCUT2D eigenvalue weighted by Crippen LogP contribution is 2.31. The number of nitrogens with zero attached hydrogens (tertiary/aromatic N) is 1. The predicted molar refractivity (Wildman–Crippen MR) is 118 cm³/mol. The number of halogens is 1. The number of carbonyl (C=O) groups excluding carboxylic acids is 1. The van der Waals surface area contributed by atoms with E-state index in [1.807, 2.05) is 34.9 Å². The Morgan fingerprint density at radius 2 is 2.03 bits per heavy atom. The molecule has 2 aliphatic heterocycles. The molecule has 1 aromatic carbocycles. The lowest BCUT2D eigenvalue weighted by molar-refractivity contribution is 0.0953. The van der Waals surface area contributed by atoms with E-state index in [4.69, 9.17) is 4.74 Å². The van der Waals surface area contributed by atoms with Crippen LogP contribution in [-0.4, -0.2) is 43.0 Å². The molecule has 2 aromatic rings. The molecule has 2 bridgehead atoms. The van der Waals surface area contributed by atoms with E-state index >= 15 is 0 Å². The van der Waals surface area contributed by atoms with Gasteiger partial charge in [-0.25, -0.2) is 0 Å². The molecule has 0 saturated carbocycles. The number of pyridine rings is 1. The summed E-state index contributed by atoms with van der Waals surface area (Å²) in [7, 11) is 1.64. The van der Waals surface area contributed by atoms with E-state index in [9.17, 15) is 9.59 Å². The number of fused-ring (bicyclic) bond motifs is 4. The van der Waals surface area contributed by atoms with Crippen LogP contribution in [0, 0.1) is 5.92 Å². The maximum atomic E-state index is 12.9. The zero-order chi connectivity index (χ0) is 19.5. The number of nitrogens with one attached hydrogen (secondary N) is 2. The Kier molecular flexibility index (Phi) is 7.27. The first-order chi connectivity index (χ1) is 13.7. The number of hydrogen-bond acceptors (Lipinski definition) is 5. The second-order valence-corrected chi connectivity index (χ2v) is 8.49. The van der Waals surface area contributed by atoms with E-state index in [1.54, 1.807) is 24.9 Å². The molecule has 6 nitrogen and oxygen atoms in total. The lowest BCUT2D eigenvalue weighted by atomic mass is 9.84.